The molecule has 14 heavy (non-hydrogen) atoms. The molecule has 0 aromatic heterocycles. The van der Waals surface area contributed by atoms with E-state index in [4.69, 9.17) is 4.74 Å². The van der Waals surface area contributed by atoms with Crippen molar-refractivity contribution in [3.05, 3.63) is 0 Å². The Morgan fingerprint density at radius 3 is 2.36 bits per heavy atom. The van der Waals surface area contributed by atoms with Crippen LogP contribution in [0.25, 0.3) is 0 Å². The van der Waals surface area contributed by atoms with Crippen molar-refractivity contribution >= 4 is 11.9 Å². The molecular formula is C11H19NO2. The average Bonchev–Trinajstić information content (AvgIpc) is 2.30. The summed E-state index contributed by atoms with van der Waals surface area (Å²) >= 11 is 0. The van der Waals surface area contributed by atoms with Gasteiger partial charge in [0.1, 0.15) is 0 Å². The molecule has 0 aromatic carbocycles. The summed E-state index contributed by atoms with van der Waals surface area (Å²) in [6.45, 7) is 10.2. The van der Waals surface area contributed by atoms with Crippen molar-refractivity contribution in [3.63, 3.8) is 0 Å². The number of carbonyl (C=O) groups excluding carboxylic acids is 1. The SMILES string of the molecule is CC(C)C[C@@H]1N=C(C(C)(C)C)OC1=O. The van der Waals surface area contributed by atoms with E-state index < -0.39 is 0 Å². The zero-order chi connectivity index (χ0) is 10.9. The molecule has 0 unspecified atom stereocenters. The monoisotopic (exact) mass is 197 g/mol. The number of cyclic esters (lactones) is 1. The van der Waals surface area contributed by atoms with Crippen LogP contribution >= 0.6 is 0 Å². The van der Waals surface area contributed by atoms with Crippen molar-refractivity contribution in [2.75, 3.05) is 0 Å². The molecular weight excluding hydrogens is 178 g/mol. The number of rotatable bonds is 2. The molecule has 1 rings (SSSR count). The summed E-state index contributed by atoms with van der Waals surface area (Å²) in [5, 5.41) is 0. The Morgan fingerprint density at radius 1 is 1.43 bits per heavy atom. The number of esters is 1. The molecule has 80 valence electrons. The smallest absolute Gasteiger partial charge is 0.337 e. The minimum atomic E-state index is -0.274. The fourth-order valence-corrected chi connectivity index (χ4v) is 1.33. The largest absolute Gasteiger partial charge is 0.410 e. The third-order valence-electron chi connectivity index (χ3n) is 2.08. The van der Waals surface area contributed by atoms with E-state index in [9.17, 15) is 4.79 Å². The van der Waals surface area contributed by atoms with Gasteiger partial charge in [-0.05, 0) is 12.3 Å². The molecule has 0 fully saturated rings. The van der Waals surface area contributed by atoms with Crippen molar-refractivity contribution in [2.45, 2.75) is 47.1 Å². The van der Waals surface area contributed by atoms with E-state index >= 15 is 0 Å². The topological polar surface area (TPSA) is 38.7 Å². The maximum atomic E-state index is 11.4. The van der Waals surface area contributed by atoms with Crippen LogP contribution in [0, 0.1) is 11.3 Å². The number of carbonyl (C=O) groups is 1. The van der Waals surface area contributed by atoms with Gasteiger partial charge in [-0.2, -0.15) is 0 Å². The highest BCUT2D eigenvalue weighted by Crippen LogP contribution is 2.25. The quantitative estimate of drug-likeness (QED) is 0.637. The summed E-state index contributed by atoms with van der Waals surface area (Å²) in [5.41, 5.74) is -0.165. The van der Waals surface area contributed by atoms with Gasteiger partial charge in [-0.1, -0.05) is 34.6 Å². The van der Waals surface area contributed by atoms with Crippen molar-refractivity contribution in [1.29, 1.82) is 0 Å². The lowest BCUT2D eigenvalue weighted by molar-refractivity contribution is -0.135. The highest BCUT2D eigenvalue weighted by molar-refractivity contribution is 5.99. The Morgan fingerprint density at radius 2 is 2.00 bits per heavy atom. The molecule has 1 heterocycles. The predicted molar refractivity (Wildman–Crippen MR) is 56.2 cm³/mol. The predicted octanol–water partition coefficient (Wildman–Crippen LogP) is 2.40. The van der Waals surface area contributed by atoms with E-state index in [0.717, 1.165) is 6.42 Å². The molecule has 0 amide bonds. The second-order valence-electron chi connectivity index (χ2n) is 5.25. The zero-order valence-electron chi connectivity index (χ0n) is 9.63. The Labute approximate surface area is 85.6 Å². The minimum Gasteiger partial charge on any atom is -0.410 e. The third kappa shape index (κ3) is 2.56. The normalized spacial score (nSPS) is 22.6. The molecule has 0 saturated heterocycles. The molecule has 1 atom stereocenters. The first-order chi connectivity index (χ1) is 6.30. The summed E-state index contributed by atoms with van der Waals surface area (Å²) < 4.78 is 5.15. The van der Waals surface area contributed by atoms with E-state index in [-0.39, 0.29) is 17.4 Å². The van der Waals surface area contributed by atoms with Crippen molar-refractivity contribution in [3.8, 4) is 0 Å². The van der Waals surface area contributed by atoms with Crippen molar-refractivity contribution in [2.24, 2.45) is 16.3 Å². The van der Waals surface area contributed by atoms with Crippen LogP contribution in [0.5, 0.6) is 0 Å². The molecule has 0 saturated carbocycles. The molecule has 0 aliphatic carbocycles. The van der Waals surface area contributed by atoms with E-state index in [0.29, 0.717) is 11.8 Å². The minimum absolute atomic E-state index is 0.165. The highest BCUT2D eigenvalue weighted by Gasteiger charge is 2.35. The Bertz CT molecular complexity index is 261. The van der Waals surface area contributed by atoms with Gasteiger partial charge in [0, 0.05) is 5.41 Å². The molecule has 0 bridgehead atoms. The Balaban J connectivity index is 2.72. The molecule has 0 spiro atoms. The summed E-state index contributed by atoms with van der Waals surface area (Å²) in [4.78, 5) is 15.8. The second kappa shape index (κ2) is 3.71. The van der Waals surface area contributed by atoms with Gasteiger partial charge >= 0.3 is 5.97 Å². The summed E-state index contributed by atoms with van der Waals surface area (Å²) in [5.74, 6) is 0.854. The fourth-order valence-electron chi connectivity index (χ4n) is 1.33. The lowest BCUT2D eigenvalue weighted by atomic mass is 9.97. The number of aliphatic imine (C=N–C) groups is 1. The van der Waals surface area contributed by atoms with Crippen molar-refractivity contribution < 1.29 is 9.53 Å². The van der Waals surface area contributed by atoms with Crippen LogP contribution in [-0.4, -0.2) is 17.9 Å². The number of hydrogen-bond acceptors (Lipinski definition) is 3. The van der Waals surface area contributed by atoms with Crippen LogP contribution in [0.4, 0.5) is 0 Å². The molecule has 1 aliphatic heterocycles. The molecule has 0 aromatic rings. The number of hydrogen-bond donors (Lipinski definition) is 0. The summed E-state index contributed by atoms with van der Waals surface area (Å²) in [6, 6.07) is -0.274. The second-order valence-corrected chi connectivity index (χ2v) is 5.25. The van der Waals surface area contributed by atoms with Gasteiger partial charge in [-0.25, -0.2) is 9.79 Å². The molecule has 1 aliphatic rings. The van der Waals surface area contributed by atoms with Gasteiger partial charge in [0.15, 0.2) is 11.9 Å². The van der Waals surface area contributed by atoms with Gasteiger partial charge in [-0.3, -0.25) is 0 Å². The van der Waals surface area contributed by atoms with Crippen molar-refractivity contribution in [1.82, 2.24) is 0 Å². The Kier molecular flexibility index (Phi) is 2.98. The van der Waals surface area contributed by atoms with Crippen LogP contribution in [0.3, 0.4) is 0 Å². The van der Waals surface area contributed by atoms with E-state index in [1.807, 2.05) is 20.8 Å². The first kappa shape index (κ1) is 11.2. The van der Waals surface area contributed by atoms with Gasteiger partial charge in [-0.15, -0.1) is 0 Å². The lowest BCUT2D eigenvalue weighted by Crippen LogP contribution is -2.22. The third-order valence-corrected chi connectivity index (χ3v) is 2.08. The van der Waals surface area contributed by atoms with Crippen LogP contribution in [0.1, 0.15) is 41.0 Å². The van der Waals surface area contributed by atoms with E-state index in [2.05, 4.69) is 18.8 Å². The van der Waals surface area contributed by atoms with Crippen LogP contribution in [-0.2, 0) is 9.53 Å². The first-order valence-electron chi connectivity index (χ1n) is 5.10. The van der Waals surface area contributed by atoms with Crippen LogP contribution < -0.4 is 0 Å². The zero-order valence-corrected chi connectivity index (χ0v) is 9.63. The molecule has 3 nitrogen and oxygen atoms in total. The maximum Gasteiger partial charge on any atom is 0.337 e. The Hall–Kier alpha value is -0.860. The van der Waals surface area contributed by atoms with Gasteiger partial charge in [0.05, 0.1) is 0 Å². The fraction of sp³-hybridized carbons (Fsp3) is 0.818. The number of ether oxygens (including phenoxy) is 1. The number of nitrogens with zero attached hydrogens (tertiary/aromatic N) is 1. The highest BCUT2D eigenvalue weighted by atomic mass is 16.6. The summed E-state index contributed by atoms with van der Waals surface area (Å²) in [7, 11) is 0. The molecule has 0 N–H and O–H groups in total. The van der Waals surface area contributed by atoms with E-state index in [1.54, 1.807) is 0 Å². The van der Waals surface area contributed by atoms with Gasteiger partial charge in [0.2, 0.25) is 0 Å². The lowest BCUT2D eigenvalue weighted by Gasteiger charge is -2.15. The molecule has 0 radical (unpaired) electrons. The van der Waals surface area contributed by atoms with Gasteiger partial charge in [0.25, 0.3) is 0 Å². The standard InChI is InChI=1S/C11H19NO2/c1-7(2)6-8-9(13)14-10(12-8)11(3,4)5/h7-8H,6H2,1-5H3/t8-/m0/s1. The van der Waals surface area contributed by atoms with E-state index in [1.165, 1.54) is 0 Å². The van der Waals surface area contributed by atoms with Crippen LogP contribution in [0.2, 0.25) is 0 Å². The maximum absolute atomic E-state index is 11.4. The van der Waals surface area contributed by atoms with Crippen LogP contribution in [0.15, 0.2) is 4.99 Å². The first-order valence-corrected chi connectivity index (χ1v) is 5.10. The molecule has 3 heteroatoms. The average molecular weight is 197 g/mol. The van der Waals surface area contributed by atoms with Gasteiger partial charge < -0.3 is 4.74 Å². The summed E-state index contributed by atoms with van der Waals surface area (Å²) in [6.07, 6.45) is 0.776.